The summed E-state index contributed by atoms with van der Waals surface area (Å²) in [5.74, 6) is 1.66. The second-order valence-corrected chi connectivity index (χ2v) is 7.66. The highest BCUT2D eigenvalue weighted by molar-refractivity contribution is 7.99. The number of aliphatic hydroxyl groups excluding tert-OH is 1. The molecule has 0 aliphatic heterocycles. The van der Waals surface area contributed by atoms with Crippen LogP contribution >= 0.6 is 23.4 Å². The number of halogens is 1. The van der Waals surface area contributed by atoms with E-state index < -0.39 is 6.10 Å². The monoisotopic (exact) mass is 417 g/mol. The first-order valence-corrected chi connectivity index (χ1v) is 10.0. The zero-order valence-electron chi connectivity index (χ0n) is 15.5. The average molecular weight is 418 g/mol. The molecule has 0 aliphatic carbocycles. The minimum absolute atomic E-state index is 0.0275. The van der Waals surface area contributed by atoms with Crippen LogP contribution in [-0.4, -0.2) is 44.1 Å². The third-order valence-corrected chi connectivity index (χ3v) is 5.44. The Labute approximate surface area is 172 Å². The van der Waals surface area contributed by atoms with E-state index in [1.807, 2.05) is 23.7 Å². The molecule has 0 radical (unpaired) electrons. The lowest BCUT2D eigenvalue weighted by molar-refractivity contribution is 0.101. The van der Waals surface area contributed by atoms with Crippen LogP contribution in [0.25, 0.3) is 11.4 Å². The summed E-state index contributed by atoms with van der Waals surface area (Å²) in [5.41, 5.74) is 1.50. The highest BCUT2D eigenvalue weighted by Crippen LogP contribution is 2.24. The highest BCUT2D eigenvalue weighted by Gasteiger charge is 2.14. The Bertz CT molecular complexity index is 960. The van der Waals surface area contributed by atoms with Crippen molar-refractivity contribution in [3.05, 3.63) is 59.1 Å². The van der Waals surface area contributed by atoms with Gasteiger partial charge in [-0.05, 0) is 43.3 Å². The molecule has 0 amide bonds. The van der Waals surface area contributed by atoms with Gasteiger partial charge in [0, 0.05) is 29.0 Å². The number of thioether (sulfide) groups is 1. The number of aromatic nitrogens is 3. The van der Waals surface area contributed by atoms with Crippen molar-refractivity contribution < 1.29 is 14.6 Å². The molecule has 1 aromatic heterocycles. The summed E-state index contributed by atoms with van der Waals surface area (Å²) >= 11 is 7.32. The van der Waals surface area contributed by atoms with Crippen LogP contribution in [0.3, 0.4) is 0 Å². The van der Waals surface area contributed by atoms with Crippen molar-refractivity contribution in [3.8, 4) is 17.1 Å². The third kappa shape index (κ3) is 5.13. The summed E-state index contributed by atoms with van der Waals surface area (Å²) in [6.07, 6.45) is -0.693. The van der Waals surface area contributed by atoms with Gasteiger partial charge in [0.1, 0.15) is 12.4 Å². The zero-order chi connectivity index (χ0) is 20.1. The SMILES string of the molecule is CC(=O)c1cccc(OC[C@@H](O)CSc2nnc(-c3ccc(Cl)cc3)n2C)c1. The van der Waals surface area contributed by atoms with Crippen LogP contribution in [0.15, 0.2) is 53.7 Å². The Morgan fingerprint density at radius 1 is 1.25 bits per heavy atom. The van der Waals surface area contributed by atoms with Crippen LogP contribution in [0, 0.1) is 0 Å². The molecule has 0 unspecified atom stereocenters. The molecule has 3 rings (SSSR count). The predicted octanol–water partition coefficient (Wildman–Crippen LogP) is 3.87. The molecule has 3 aromatic rings. The molecule has 28 heavy (non-hydrogen) atoms. The number of aliphatic hydroxyl groups is 1. The normalized spacial score (nSPS) is 12.0. The maximum absolute atomic E-state index is 11.4. The molecule has 1 atom stereocenters. The van der Waals surface area contributed by atoms with Gasteiger partial charge in [-0.2, -0.15) is 0 Å². The molecule has 0 spiro atoms. The molecule has 146 valence electrons. The maximum atomic E-state index is 11.4. The summed E-state index contributed by atoms with van der Waals surface area (Å²) in [7, 11) is 1.88. The van der Waals surface area contributed by atoms with Gasteiger partial charge in [-0.3, -0.25) is 4.79 Å². The third-order valence-electron chi connectivity index (χ3n) is 4.03. The van der Waals surface area contributed by atoms with Crippen molar-refractivity contribution in [1.82, 2.24) is 14.8 Å². The van der Waals surface area contributed by atoms with Gasteiger partial charge in [-0.25, -0.2) is 0 Å². The Kier molecular flexibility index (Phi) is 6.72. The fraction of sp³-hybridized carbons (Fsp3) is 0.250. The number of rotatable bonds is 8. The maximum Gasteiger partial charge on any atom is 0.191 e. The minimum atomic E-state index is -0.693. The lowest BCUT2D eigenvalue weighted by Gasteiger charge is -2.12. The fourth-order valence-corrected chi connectivity index (χ4v) is 3.45. The van der Waals surface area contributed by atoms with Crippen LogP contribution in [0.1, 0.15) is 17.3 Å². The number of nitrogens with zero attached hydrogens (tertiary/aromatic N) is 3. The van der Waals surface area contributed by atoms with E-state index in [0.717, 1.165) is 11.4 Å². The van der Waals surface area contributed by atoms with Crippen molar-refractivity contribution in [3.63, 3.8) is 0 Å². The van der Waals surface area contributed by atoms with Crippen LogP contribution in [-0.2, 0) is 7.05 Å². The zero-order valence-corrected chi connectivity index (χ0v) is 17.1. The number of hydrogen-bond acceptors (Lipinski definition) is 6. The molecular formula is C20H20ClN3O3S. The number of Topliss-reactive ketones (excluding diaryl/α,β-unsaturated/α-hetero) is 1. The number of ketones is 1. The standard InChI is InChI=1S/C20H20ClN3O3S/c1-13(25)15-4-3-5-18(10-15)27-11-17(26)12-28-20-23-22-19(24(20)2)14-6-8-16(21)9-7-14/h3-10,17,26H,11-12H2,1-2H3/t17-/m1/s1. The van der Waals surface area contributed by atoms with Crippen molar-refractivity contribution in [2.75, 3.05) is 12.4 Å². The number of carbonyl (C=O) groups is 1. The van der Waals surface area contributed by atoms with E-state index in [9.17, 15) is 9.90 Å². The van der Waals surface area contributed by atoms with Crippen LogP contribution < -0.4 is 4.74 Å². The van der Waals surface area contributed by atoms with Crippen LogP contribution in [0.5, 0.6) is 5.75 Å². The van der Waals surface area contributed by atoms with Gasteiger partial charge in [0.25, 0.3) is 0 Å². The Morgan fingerprint density at radius 2 is 2.00 bits per heavy atom. The molecule has 0 bridgehead atoms. The molecule has 0 aliphatic rings. The molecule has 1 heterocycles. The first kappa shape index (κ1) is 20.4. The quantitative estimate of drug-likeness (QED) is 0.443. The highest BCUT2D eigenvalue weighted by atomic mass is 35.5. The van der Waals surface area contributed by atoms with Crippen molar-refractivity contribution >= 4 is 29.1 Å². The number of hydrogen-bond donors (Lipinski definition) is 1. The number of carbonyl (C=O) groups excluding carboxylic acids is 1. The summed E-state index contributed by atoms with van der Waals surface area (Å²) in [6, 6.07) is 14.3. The van der Waals surface area contributed by atoms with Crippen LogP contribution in [0.4, 0.5) is 0 Å². The number of ether oxygens (including phenoxy) is 1. The van der Waals surface area contributed by atoms with E-state index in [-0.39, 0.29) is 12.4 Å². The van der Waals surface area contributed by atoms with Gasteiger partial charge >= 0.3 is 0 Å². The van der Waals surface area contributed by atoms with Gasteiger partial charge in [0.05, 0.1) is 6.10 Å². The Morgan fingerprint density at radius 3 is 2.71 bits per heavy atom. The van der Waals surface area contributed by atoms with Gasteiger partial charge in [0.15, 0.2) is 16.8 Å². The first-order chi connectivity index (χ1) is 13.4. The Balaban J connectivity index is 1.55. The predicted molar refractivity (Wildman–Crippen MR) is 110 cm³/mol. The van der Waals surface area contributed by atoms with Gasteiger partial charge in [-0.15, -0.1) is 10.2 Å². The van der Waals surface area contributed by atoms with E-state index >= 15 is 0 Å². The van der Waals surface area contributed by atoms with E-state index in [2.05, 4.69) is 10.2 Å². The van der Waals surface area contributed by atoms with Crippen molar-refractivity contribution in [1.29, 1.82) is 0 Å². The molecular weight excluding hydrogens is 398 g/mol. The Hall–Kier alpha value is -2.35. The fourth-order valence-electron chi connectivity index (χ4n) is 2.51. The summed E-state index contributed by atoms with van der Waals surface area (Å²) < 4.78 is 7.46. The van der Waals surface area contributed by atoms with E-state index in [1.54, 1.807) is 36.4 Å². The molecule has 0 saturated carbocycles. The van der Waals surface area contributed by atoms with Crippen molar-refractivity contribution in [2.45, 2.75) is 18.2 Å². The molecule has 6 nitrogen and oxygen atoms in total. The van der Waals surface area contributed by atoms with Gasteiger partial charge in [0.2, 0.25) is 0 Å². The van der Waals surface area contributed by atoms with E-state index in [1.165, 1.54) is 18.7 Å². The van der Waals surface area contributed by atoms with Gasteiger partial charge in [-0.1, -0.05) is 35.5 Å². The largest absolute Gasteiger partial charge is 0.491 e. The molecule has 0 saturated heterocycles. The molecule has 0 fully saturated rings. The molecule has 2 aromatic carbocycles. The summed E-state index contributed by atoms with van der Waals surface area (Å²) in [5, 5.41) is 20.0. The summed E-state index contributed by atoms with van der Waals surface area (Å²) in [6.45, 7) is 1.63. The smallest absolute Gasteiger partial charge is 0.191 e. The van der Waals surface area contributed by atoms with Gasteiger partial charge < -0.3 is 14.4 Å². The lowest BCUT2D eigenvalue weighted by Crippen LogP contribution is -2.20. The van der Waals surface area contributed by atoms with E-state index in [4.69, 9.17) is 16.3 Å². The summed E-state index contributed by atoms with van der Waals surface area (Å²) in [4.78, 5) is 11.4. The number of benzene rings is 2. The average Bonchev–Trinajstić information content (AvgIpc) is 3.06. The second kappa shape index (κ2) is 9.23. The first-order valence-electron chi connectivity index (χ1n) is 8.64. The lowest BCUT2D eigenvalue weighted by atomic mass is 10.1. The molecule has 8 heteroatoms. The van der Waals surface area contributed by atoms with Crippen molar-refractivity contribution in [2.24, 2.45) is 7.05 Å². The van der Waals surface area contributed by atoms with E-state index in [0.29, 0.717) is 27.2 Å². The second-order valence-electron chi connectivity index (χ2n) is 6.23. The molecule has 1 N–H and O–H groups in total. The minimum Gasteiger partial charge on any atom is -0.491 e. The topological polar surface area (TPSA) is 77.2 Å². The van der Waals surface area contributed by atoms with Crippen LogP contribution in [0.2, 0.25) is 5.02 Å².